The maximum Gasteiger partial charge on any atom is 0.326 e. The van der Waals surface area contributed by atoms with Gasteiger partial charge in [-0.25, -0.2) is 9.59 Å². The van der Waals surface area contributed by atoms with Crippen LogP contribution in [0.1, 0.15) is 33.1 Å². The Kier molecular flexibility index (Phi) is 9.00. The molecule has 0 rings (SSSR count). The van der Waals surface area contributed by atoms with E-state index >= 15 is 0 Å². The Labute approximate surface area is 108 Å². The molecule has 1 unspecified atom stereocenters. The quantitative estimate of drug-likeness (QED) is 0.613. The number of nitrogens with zero attached hydrogens (tertiary/aromatic N) is 1. The minimum atomic E-state index is -0.991. The Morgan fingerprint density at radius 2 is 2.00 bits per heavy atom. The van der Waals surface area contributed by atoms with Crippen molar-refractivity contribution in [3.05, 3.63) is 0 Å². The molecule has 0 aromatic carbocycles. The predicted octanol–water partition coefficient (Wildman–Crippen LogP) is 1.31. The van der Waals surface area contributed by atoms with Crippen molar-refractivity contribution in [1.29, 1.82) is 0 Å². The van der Waals surface area contributed by atoms with Gasteiger partial charge in [0.05, 0.1) is 6.61 Å². The van der Waals surface area contributed by atoms with Gasteiger partial charge in [0.25, 0.3) is 0 Å². The van der Waals surface area contributed by atoms with E-state index in [1.165, 1.54) is 11.9 Å². The molecular weight excluding hydrogens is 236 g/mol. The van der Waals surface area contributed by atoms with E-state index in [1.54, 1.807) is 6.92 Å². The zero-order valence-electron chi connectivity index (χ0n) is 11.4. The fourth-order valence-electron chi connectivity index (χ4n) is 1.46. The molecule has 2 amide bonds. The number of urea groups is 1. The largest absolute Gasteiger partial charge is 0.480 e. The summed E-state index contributed by atoms with van der Waals surface area (Å²) in [5, 5.41) is 11.5. The second-order valence-corrected chi connectivity index (χ2v) is 4.07. The number of carboxylic acid groups (broad SMARTS) is 1. The first kappa shape index (κ1) is 16.7. The minimum Gasteiger partial charge on any atom is -0.480 e. The van der Waals surface area contributed by atoms with Gasteiger partial charge < -0.3 is 20.1 Å². The van der Waals surface area contributed by atoms with Crippen LogP contribution in [0.15, 0.2) is 0 Å². The van der Waals surface area contributed by atoms with Crippen LogP contribution in [-0.4, -0.2) is 54.9 Å². The highest BCUT2D eigenvalue weighted by molar-refractivity contribution is 5.82. The maximum atomic E-state index is 11.6. The molecule has 6 nitrogen and oxygen atoms in total. The molecule has 0 spiro atoms. The number of nitrogens with one attached hydrogen (secondary N) is 1. The lowest BCUT2D eigenvalue weighted by molar-refractivity contribution is -0.141. The van der Waals surface area contributed by atoms with E-state index in [2.05, 4.69) is 12.2 Å². The molecule has 1 atom stereocenters. The van der Waals surface area contributed by atoms with Crippen LogP contribution in [0.4, 0.5) is 4.79 Å². The molecule has 106 valence electrons. The van der Waals surface area contributed by atoms with Gasteiger partial charge in [-0.15, -0.1) is 0 Å². The zero-order chi connectivity index (χ0) is 14.0. The van der Waals surface area contributed by atoms with Crippen molar-refractivity contribution in [2.24, 2.45) is 0 Å². The van der Waals surface area contributed by atoms with Gasteiger partial charge >= 0.3 is 12.0 Å². The van der Waals surface area contributed by atoms with E-state index in [0.717, 1.165) is 12.8 Å². The molecule has 0 aliphatic rings. The summed E-state index contributed by atoms with van der Waals surface area (Å²) in [6.07, 6.45) is 2.46. The molecule has 0 fully saturated rings. The molecule has 0 aliphatic heterocycles. The molecule has 0 radical (unpaired) electrons. The molecule has 0 saturated heterocycles. The summed E-state index contributed by atoms with van der Waals surface area (Å²) in [6, 6.07) is -1.17. The van der Waals surface area contributed by atoms with Gasteiger partial charge in [-0.3, -0.25) is 0 Å². The van der Waals surface area contributed by atoms with Crippen LogP contribution >= 0.6 is 0 Å². The lowest BCUT2D eigenvalue weighted by Crippen LogP contribution is -2.47. The molecule has 18 heavy (non-hydrogen) atoms. The van der Waals surface area contributed by atoms with Crippen LogP contribution in [0.2, 0.25) is 0 Å². The van der Waals surface area contributed by atoms with Crippen LogP contribution < -0.4 is 5.32 Å². The lowest BCUT2D eigenvalue weighted by atomic mass is 10.2. The van der Waals surface area contributed by atoms with E-state index in [4.69, 9.17) is 9.84 Å². The summed E-state index contributed by atoms with van der Waals surface area (Å²) in [4.78, 5) is 23.7. The molecule has 6 heteroatoms. The number of rotatable bonds is 9. The third kappa shape index (κ3) is 6.44. The van der Waals surface area contributed by atoms with Crippen molar-refractivity contribution in [3.8, 4) is 0 Å². The van der Waals surface area contributed by atoms with E-state index < -0.39 is 12.0 Å². The summed E-state index contributed by atoms with van der Waals surface area (Å²) in [5.74, 6) is -0.991. The first-order valence-electron chi connectivity index (χ1n) is 6.35. The van der Waals surface area contributed by atoms with Gasteiger partial charge in [-0.1, -0.05) is 20.3 Å². The van der Waals surface area contributed by atoms with Crippen molar-refractivity contribution >= 4 is 12.0 Å². The molecule has 0 aromatic rings. The van der Waals surface area contributed by atoms with Gasteiger partial charge in [0.2, 0.25) is 0 Å². The minimum absolute atomic E-state index is 0.381. The smallest absolute Gasteiger partial charge is 0.326 e. The zero-order valence-corrected chi connectivity index (χ0v) is 11.4. The number of carbonyl (C=O) groups excluding carboxylic acids is 1. The van der Waals surface area contributed by atoms with Crippen LogP contribution in [0.3, 0.4) is 0 Å². The normalized spacial score (nSPS) is 11.9. The predicted molar refractivity (Wildman–Crippen MR) is 68.6 cm³/mol. The topological polar surface area (TPSA) is 78.9 Å². The molecule has 0 heterocycles. The number of ether oxygens (including phenoxy) is 1. The second kappa shape index (κ2) is 9.70. The fourth-order valence-corrected chi connectivity index (χ4v) is 1.46. The third-order valence-electron chi connectivity index (χ3n) is 2.62. The number of carboxylic acids is 1. The Balaban J connectivity index is 3.83. The Morgan fingerprint density at radius 3 is 2.50 bits per heavy atom. The van der Waals surface area contributed by atoms with Gasteiger partial charge in [-0.2, -0.15) is 0 Å². The van der Waals surface area contributed by atoms with Crippen LogP contribution in [0, 0.1) is 0 Å². The molecule has 0 bridgehead atoms. The number of unbranched alkanes of at least 4 members (excludes halogenated alkanes) is 1. The number of amides is 2. The van der Waals surface area contributed by atoms with Gasteiger partial charge in [0.15, 0.2) is 0 Å². The second-order valence-electron chi connectivity index (χ2n) is 4.07. The van der Waals surface area contributed by atoms with Crippen molar-refractivity contribution in [2.45, 2.75) is 39.2 Å². The standard InChI is InChI=1S/C12H24N2O4/c1-4-6-8-18-9-7-13-12(17)14(3)10(5-2)11(15)16/h10H,4-9H2,1-3H3,(H,13,17)(H,15,16). The highest BCUT2D eigenvalue weighted by Crippen LogP contribution is 2.01. The maximum absolute atomic E-state index is 11.6. The van der Waals surface area contributed by atoms with Crippen LogP contribution in [0.25, 0.3) is 0 Å². The lowest BCUT2D eigenvalue weighted by Gasteiger charge is -2.23. The van der Waals surface area contributed by atoms with Crippen molar-refractivity contribution in [2.75, 3.05) is 26.8 Å². The Morgan fingerprint density at radius 1 is 1.33 bits per heavy atom. The van der Waals surface area contributed by atoms with Crippen LogP contribution in [-0.2, 0) is 9.53 Å². The number of carbonyl (C=O) groups is 2. The monoisotopic (exact) mass is 260 g/mol. The van der Waals surface area contributed by atoms with Crippen molar-refractivity contribution < 1.29 is 19.4 Å². The van der Waals surface area contributed by atoms with Crippen LogP contribution in [0.5, 0.6) is 0 Å². The summed E-state index contributed by atoms with van der Waals surface area (Å²) < 4.78 is 5.29. The molecular formula is C12H24N2O4. The number of likely N-dealkylation sites (N-methyl/N-ethyl adjacent to an activating group) is 1. The van der Waals surface area contributed by atoms with Gasteiger partial charge in [0, 0.05) is 20.2 Å². The SMILES string of the molecule is CCCCOCCNC(=O)N(C)C(CC)C(=O)O. The van der Waals surface area contributed by atoms with Crippen molar-refractivity contribution in [1.82, 2.24) is 10.2 Å². The molecule has 0 aliphatic carbocycles. The number of hydrogen-bond acceptors (Lipinski definition) is 3. The highest BCUT2D eigenvalue weighted by Gasteiger charge is 2.24. The summed E-state index contributed by atoms with van der Waals surface area (Å²) >= 11 is 0. The average molecular weight is 260 g/mol. The first-order chi connectivity index (χ1) is 8.54. The summed E-state index contributed by atoms with van der Waals surface area (Å²) in [7, 11) is 1.48. The molecule has 0 aromatic heterocycles. The first-order valence-corrected chi connectivity index (χ1v) is 6.35. The average Bonchev–Trinajstić information content (AvgIpc) is 2.33. The Bertz CT molecular complexity index is 258. The van der Waals surface area contributed by atoms with E-state index in [1.807, 2.05) is 0 Å². The molecule has 2 N–H and O–H groups in total. The molecule has 0 saturated carbocycles. The number of hydrogen-bond donors (Lipinski definition) is 2. The number of aliphatic carboxylic acids is 1. The van der Waals surface area contributed by atoms with E-state index in [9.17, 15) is 9.59 Å². The highest BCUT2D eigenvalue weighted by atomic mass is 16.5. The van der Waals surface area contributed by atoms with Gasteiger partial charge in [0.1, 0.15) is 6.04 Å². The van der Waals surface area contributed by atoms with E-state index in [0.29, 0.717) is 26.2 Å². The fraction of sp³-hybridized carbons (Fsp3) is 0.833. The third-order valence-corrected chi connectivity index (χ3v) is 2.62. The van der Waals surface area contributed by atoms with Gasteiger partial charge in [-0.05, 0) is 12.8 Å². The summed E-state index contributed by atoms with van der Waals surface area (Å²) in [6.45, 7) is 5.34. The Hall–Kier alpha value is -1.30. The van der Waals surface area contributed by atoms with E-state index in [-0.39, 0.29) is 6.03 Å². The van der Waals surface area contributed by atoms with Crippen molar-refractivity contribution in [3.63, 3.8) is 0 Å². The summed E-state index contributed by atoms with van der Waals surface area (Å²) in [5.41, 5.74) is 0.